The Bertz CT molecular complexity index is 1130. The molecule has 6 nitrogen and oxygen atoms in total. The fraction of sp³-hybridized carbons (Fsp3) is 0.318. The third-order valence-electron chi connectivity index (χ3n) is 5.36. The molecule has 1 aliphatic rings. The Hall–Kier alpha value is -2.64. The number of sulfonamides is 1. The second kappa shape index (κ2) is 7.31. The summed E-state index contributed by atoms with van der Waals surface area (Å²) in [5.74, 6) is 0.0775. The zero-order valence-electron chi connectivity index (χ0n) is 16.8. The summed E-state index contributed by atoms with van der Waals surface area (Å²) < 4.78 is 33.6. The first-order valence-electron chi connectivity index (χ1n) is 9.63. The number of rotatable bonds is 3. The smallest absolute Gasteiger partial charge is 0.289 e. The Kier molecular flexibility index (Phi) is 4.96. The fourth-order valence-electron chi connectivity index (χ4n) is 4.08. The molecule has 152 valence electrons. The third kappa shape index (κ3) is 3.56. The summed E-state index contributed by atoms with van der Waals surface area (Å²) in [6, 6.07) is 13.0. The summed E-state index contributed by atoms with van der Waals surface area (Å²) in [6.07, 6.45) is 0. The highest BCUT2D eigenvalue weighted by Gasteiger charge is 2.33. The molecule has 1 amide bonds. The average Bonchev–Trinajstić information content (AvgIpc) is 3.10. The van der Waals surface area contributed by atoms with Crippen molar-refractivity contribution >= 4 is 26.9 Å². The monoisotopic (exact) mass is 412 g/mol. The van der Waals surface area contributed by atoms with Crippen molar-refractivity contribution in [3.05, 3.63) is 64.9 Å². The van der Waals surface area contributed by atoms with Gasteiger partial charge in [0.2, 0.25) is 10.0 Å². The number of nitrogens with zero attached hydrogens (tertiary/aromatic N) is 2. The molecule has 0 bridgehead atoms. The first kappa shape index (κ1) is 19.7. The molecular formula is C22H24N2O4S. The van der Waals surface area contributed by atoms with E-state index in [9.17, 15) is 13.2 Å². The van der Waals surface area contributed by atoms with Crippen molar-refractivity contribution in [3.8, 4) is 0 Å². The SMILES string of the molecule is Cc1cc(C)c(S(=O)(=O)N2CCN(C(=O)c3cc4ccccc4o3)CC2)c(C)c1. The van der Waals surface area contributed by atoms with Gasteiger partial charge < -0.3 is 9.32 Å². The van der Waals surface area contributed by atoms with Gasteiger partial charge in [-0.15, -0.1) is 0 Å². The van der Waals surface area contributed by atoms with Gasteiger partial charge in [0, 0.05) is 31.6 Å². The first-order chi connectivity index (χ1) is 13.8. The zero-order chi connectivity index (χ0) is 20.8. The summed E-state index contributed by atoms with van der Waals surface area (Å²) in [7, 11) is -3.60. The van der Waals surface area contributed by atoms with Crippen LogP contribution >= 0.6 is 0 Å². The molecule has 2 heterocycles. The predicted molar refractivity (Wildman–Crippen MR) is 112 cm³/mol. The van der Waals surface area contributed by atoms with Crippen molar-refractivity contribution in [2.24, 2.45) is 0 Å². The van der Waals surface area contributed by atoms with Gasteiger partial charge in [0.25, 0.3) is 5.91 Å². The van der Waals surface area contributed by atoms with E-state index in [1.807, 2.05) is 57.2 Å². The number of piperazine rings is 1. The van der Waals surface area contributed by atoms with Crippen LogP contribution in [0.5, 0.6) is 0 Å². The molecule has 1 aliphatic heterocycles. The van der Waals surface area contributed by atoms with Crippen LogP contribution in [0.3, 0.4) is 0 Å². The van der Waals surface area contributed by atoms with Crippen molar-refractivity contribution in [1.29, 1.82) is 0 Å². The van der Waals surface area contributed by atoms with E-state index in [0.717, 1.165) is 22.1 Å². The van der Waals surface area contributed by atoms with E-state index in [1.165, 1.54) is 4.31 Å². The number of amides is 1. The molecule has 0 N–H and O–H groups in total. The maximum atomic E-state index is 13.2. The number of furan rings is 1. The summed E-state index contributed by atoms with van der Waals surface area (Å²) >= 11 is 0. The van der Waals surface area contributed by atoms with Crippen molar-refractivity contribution in [2.75, 3.05) is 26.2 Å². The van der Waals surface area contributed by atoms with Gasteiger partial charge in [0.05, 0.1) is 4.90 Å². The second-order valence-corrected chi connectivity index (χ2v) is 9.45. The number of carbonyl (C=O) groups excluding carboxylic acids is 1. The van der Waals surface area contributed by atoms with Crippen molar-refractivity contribution < 1.29 is 17.6 Å². The normalized spacial score (nSPS) is 15.8. The van der Waals surface area contributed by atoms with Crippen molar-refractivity contribution in [1.82, 2.24) is 9.21 Å². The van der Waals surface area contributed by atoms with Gasteiger partial charge in [-0.1, -0.05) is 35.9 Å². The molecule has 1 fully saturated rings. The first-order valence-corrected chi connectivity index (χ1v) is 11.1. The molecule has 0 radical (unpaired) electrons. The minimum atomic E-state index is -3.60. The van der Waals surface area contributed by atoms with Gasteiger partial charge in [-0.25, -0.2) is 8.42 Å². The zero-order valence-corrected chi connectivity index (χ0v) is 17.6. The summed E-state index contributed by atoms with van der Waals surface area (Å²) in [5, 5.41) is 0.877. The molecule has 29 heavy (non-hydrogen) atoms. The van der Waals surface area contributed by atoms with Crippen LogP contribution in [-0.4, -0.2) is 49.7 Å². The van der Waals surface area contributed by atoms with Gasteiger partial charge >= 0.3 is 0 Å². The van der Waals surface area contributed by atoms with Gasteiger partial charge in [0.1, 0.15) is 5.58 Å². The molecule has 4 rings (SSSR count). The molecule has 1 aromatic heterocycles. The van der Waals surface area contributed by atoms with Crippen molar-refractivity contribution in [3.63, 3.8) is 0 Å². The largest absolute Gasteiger partial charge is 0.451 e. The minimum absolute atomic E-state index is 0.207. The highest BCUT2D eigenvalue weighted by molar-refractivity contribution is 7.89. The molecule has 1 saturated heterocycles. The minimum Gasteiger partial charge on any atom is -0.451 e. The summed E-state index contributed by atoms with van der Waals surface area (Å²) in [5.41, 5.74) is 3.22. The van der Waals surface area contributed by atoms with E-state index in [2.05, 4.69) is 0 Å². The molecule has 0 unspecified atom stereocenters. The Labute approximate surface area is 170 Å². The number of hydrogen-bond acceptors (Lipinski definition) is 4. The topological polar surface area (TPSA) is 70.8 Å². The highest BCUT2D eigenvalue weighted by Crippen LogP contribution is 2.27. The van der Waals surface area contributed by atoms with Crippen LogP contribution in [0.1, 0.15) is 27.2 Å². The molecule has 7 heteroatoms. The van der Waals surface area contributed by atoms with Crippen LogP contribution in [0.2, 0.25) is 0 Å². The lowest BCUT2D eigenvalue weighted by Gasteiger charge is -2.34. The van der Waals surface area contributed by atoms with E-state index in [0.29, 0.717) is 23.6 Å². The standard InChI is InChI=1S/C22H24N2O4S/c1-15-12-16(2)21(17(3)13-15)29(26,27)24-10-8-23(9-11-24)22(25)20-14-18-6-4-5-7-19(18)28-20/h4-7,12-14H,8-11H2,1-3H3. The molecule has 0 aliphatic carbocycles. The van der Waals surface area contributed by atoms with Crippen LogP contribution in [0.15, 0.2) is 51.8 Å². The van der Waals surface area contributed by atoms with Crippen LogP contribution < -0.4 is 0 Å². The number of para-hydroxylation sites is 1. The van der Waals surface area contributed by atoms with Gasteiger partial charge in [-0.2, -0.15) is 4.31 Å². The third-order valence-corrected chi connectivity index (χ3v) is 7.57. The van der Waals surface area contributed by atoms with Gasteiger partial charge in [-0.3, -0.25) is 4.79 Å². The highest BCUT2D eigenvalue weighted by atomic mass is 32.2. The Morgan fingerprint density at radius 1 is 0.931 bits per heavy atom. The number of benzene rings is 2. The Morgan fingerprint density at radius 2 is 1.55 bits per heavy atom. The Balaban J connectivity index is 1.51. The second-order valence-electron chi connectivity index (χ2n) is 7.57. The van der Waals surface area contributed by atoms with E-state index in [-0.39, 0.29) is 24.8 Å². The lowest BCUT2D eigenvalue weighted by Crippen LogP contribution is -2.50. The number of hydrogen-bond donors (Lipinski definition) is 0. The fourth-order valence-corrected chi connectivity index (χ4v) is 5.91. The lowest BCUT2D eigenvalue weighted by atomic mass is 10.1. The van der Waals surface area contributed by atoms with E-state index < -0.39 is 10.0 Å². The van der Waals surface area contributed by atoms with Crippen molar-refractivity contribution in [2.45, 2.75) is 25.7 Å². The van der Waals surface area contributed by atoms with Gasteiger partial charge in [-0.05, 0) is 44.0 Å². The van der Waals surface area contributed by atoms with Crippen LogP contribution in [-0.2, 0) is 10.0 Å². The number of carbonyl (C=O) groups is 1. The number of aryl methyl sites for hydroxylation is 3. The number of fused-ring (bicyclic) bond motifs is 1. The van der Waals surface area contributed by atoms with E-state index in [4.69, 9.17) is 4.42 Å². The maximum absolute atomic E-state index is 13.2. The van der Waals surface area contributed by atoms with Gasteiger partial charge in [0.15, 0.2) is 5.76 Å². The predicted octanol–water partition coefficient (Wildman–Crippen LogP) is 3.50. The maximum Gasteiger partial charge on any atom is 0.289 e. The molecule has 2 aromatic carbocycles. The summed E-state index contributed by atoms with van der Waals surface area (Å²) in [4.78, 5) is 14.8. The summed E-state index contributed by atoms with van der Waals surface area (Å²) in [6.45, 7) is 6.81. The Morgan fingerprint density at radius 3 is 2.17 bits per heavy atom. The molecule has 0 spiro atoms. The van der Waals surface area contributed by atoms with Crippen LogP contribution in [0, 0.1) is 20.8 Å². The quantitative estimate of drug-likeness (QED) is 0.660. The molecule has 0 saturated carbocycles. The molecule has 3 aromatic rings. The lowest BCUT2D eigenvalue weighted by molar-refractivity contribution is 0.0668. The van der Waals surface area contributed by atoms with Crippen LogP contribution in [0.25, 0.3) is 11.0 Å². The van der Waals surface area contributed by atoms with Crippen LogP contribution in [0.4, 0.5) is 0 Å². The van der Waals surface area contributed by atoms with E-state index in [1.54, 1.807) is 11.0 Å². The molecule has 0 atom stereocenters. The van der Waals surface area contributed by atoms with E-state index >= 15 is 0 Å². The molecular weight excluding hydrogens is 388 g/mol. The average molecular weight is 413 g/mol.